The molecule has 0 aliphatic carbocycles. The SMILES string of the molecule is CCC(CC)(CNC(C)(C)C)c1ccc(C)c(OC)c1. The van der Waals surface area contributed by atoms with Gasteiger partial charge in [-0.25, -0.2) is 0 Å². The summed E-state index contributed by atoms with van der Waals surface area (Å²) in [6.07, 6.45) is 2.25. The molecule has 1 aromatic carbocycles. The van der Waals surface area contributed by atoms with E-state index in [9.17, 15) is 0 Å². The Morgan fingerprint density at radius 2 is 1.70 bits per heavy atom. The van der Waals surface area contributed by atoms with Crippen molar-refractivity contribution in [2.75, 3.05) is 13.7 Å². The molecule has 0 aliphatic rings. The number of nitrogens with one attached hydrogen (secondary N) is 1. The first-order valence-electron chi connectivity index (χ1n) is 7.68. The fourth-order valence-electron chi connectivity index (χ4n) is 2.59. The average molecular weight is 277 g/mol. The zero-order valence-corrected chi connectivity index (χ0v) is 14.3. The summed E-state index contributed by atoms with van der Waals surface area (Å²) in [6.45, 7) is 14.3. The third-order valence-corrected chi connectivity index (χ3v) is 4.33. The Bertz CT molecular complexity index is 428. The van der Waals surface area contributed by atoms with Crippen LogP contribution < -0.4 is 10.1 Å². The molecular weight excluding hydrogens is 246 g/mol. The zero-order chi connectivity index (χ0) is 15.4. The van der Waals surface area contributed by atoms with Crippen LogP contribution in [0.4, 0.5) is 0 Å². The van der Waals surface area contributed by atoms with Crippen LogP contribution in [0.25, 0.3) is 0 Å². The molecule has 0 bridgehead atoms. The fraction of sp³-hybridized carbons (Fsp3) is 0.667. The molecule has 1 rings (SSSR count). The predicted molar refractivity (Wildman–Crippen MR) is 87.7 cm³/mol. The van der Waals surface area contributed by atoms with Crippen LogP contribution in [0, 0.1) is 6.92 Å². The number of hydrogen-bond acceptors (Lipinski definition) is 2. The first kappa shape index (κ1) is 17.0. The molecule has 0 aliphatic heterocycles. The van der Waals surface area contributed by atoms with Crippen molar-refractivity contribution >= 4 is 0 Å². The number of methoxy groups -OCH3 is 1. The lowest BCUT2D eigenvalue weighted by atomic mass is 9.75. The molecule has 0 saturated heterocycles. The molecule has 0 radical (unpaired) electrons. The summed E-state index contributed by atoms with van der Waals surface area (Å²) < 4.78 is 5.49. The number of rotatable bonds is 6. The predicted octanol–water partition coefficient (Wildman–Crippen LogP) is 4.45. The minimum Gasteiger partial charge on any atom is -0.496 e. The van der Waals surface area contributed by atoms with Gasteiger partial charge in [0.25, 0.3) is 0 Å². The quantitative estimate of drug-likeness (QED) is 0.829. The van der Waals surface area contributed by atoms with E-state index in [-0.39, 0.29) is 11.0 Å². The van der Waals surface area contributed by atoms with Crippen LogP contribution in [-0.2, 0) is 5.41 Å². The highest BCUT2D eigenvalue weighted by Gasteiger charge is 2.30. The topological polar surface area (TPSA) is 21.3 Å². The van der Waals surface area contributed by atoms with Crippen LogP contribution in [0.2, 0.25) is 0 Å². The molecule has 20 heavy (non-hydrogen) atoms. The Labute approximate surface area is 124 Å². The summed E-state index contributed by atoms with van der Waals surface area (Å²) in [6, 6.07) is 6.65. The Kier molecular flexibility index (Phi) is 5.64. The van der Waals surface area contributed by atoms with Crippen LogP contribution in [0.15, 0.2) is 18.2 Å². The zero-order valence-electron chi connectivity index (χ0n) is 14.3. The van der Waals surface area contributed by atoms with Crippen LogP contribution >= 0.6 is 0 Å². The third-order valence-electron chi connectivity index (χ3n) is 4.33. The van der Waals surface area contributed by atoms with Gasteiger partial charge in [0.1, 0.15) is 5.75 Å². The summed E-state index contributed by atoms with van der Waals surface area (Å²) in [5, 5.41) is 3.67. The molecule has 0 unspecified atom stereocenters. The lowest BCUT2D eigenvalue weighted by Crippen LogP contribution is -2.45. The van der Waals surface area contributed by atoms with E-state index in [0.717, 1.165) is 25.1 Å². The second kappa shape index (κ2) is 6.62. The van der Waals surface area contributed by atoms with Gasteiger partial charge in [-0.3, -0.25) is 0 Å². The summed E-state index contributed by atoms with van der Waals surface area (Å²) in [4.78, 5) is 0. The van der Waals surface area contributed by atoms with Gasteiger partial charge in [0.2, 0.25) is 0 Å². The first-order valence-corrected chi connectivity index (χ1v) is 7.68. The van der Waals surface area contributed by atoms with Crippen molar-refractivity contribution in [3.05, 3.63) is 29.3 Å². The first-order chi connectivity index (χ1) is 9.28. The van der Waals surface area contributed by atoms with Crippen molar-refractivity contribution in [1.29, 1.82) is 0 Å². The van der Waals surface area contributed by atoms with Gasteiger partial charge in [-0.15, -0.1) is 0 Å². The molecule has 2 heteroatoms. The molecule has 114 valence electrons. The van der Waals surface area contributed by atoms with Gasteiger partial charge < -0.3 is 10.1 Å². The number of aryl methyl sites for hydroxylation is 1. The number of benzene rings is 1. The van der Waals surface area contributed by atoms with E-state index in [1.165, 1.54) is 11.1 Å². The molecule has 0 aromatic heterocycles. The molecule has 0 spiro atoms. The summed E-state index contributed by atoms with van der Waals surface area (Å²) in [5.74, 6) is 0.990. The highest BCUT2D eigenvalue weighted by atomic mass is 16.5. The van der Waals surface area contributed by atoms with Crippen molar-refractivity contribution in [1.82, 2.24) is 5.32 Å². The molecule has 0 amide bonds. The van der Waals surface area contributed by atoms with Gasteiger partial charge in [-0.1, -0.05) is 26.0 Å². The maximum atomic E-state index is 5.49. The maximum Gasteiger partial charge on any atom is 0.122 e. The van der Waals surface area contributed by atoms with Gasteiger partial charge in [0, 0.05) is 17.5 Å². The molecule has 1 aromatic rings. The minimum absolute atomic E-state index is 0.143. The monoisotopic (exact) mass is 277 g/mol. The molecular formula is C18H31NO. The van der Waals surface area contributed by atoms with Crippen molar-refractivity contribution in [2.45, 2.75) is 65.3 Å². The van der Waals surface area contributed by atoms with E-state index in [1.807, 2.05) is 0 Å². The highest BCUT2D eigenvalue weighted by Crippen LogP contribution is 2.34. The van der Waals surface area contributed by atoms with E-state index in [2.05, 4.69) is 65.1 Å². The van der Waals surface area contributed by atoms with E-state index in [1.54, 1.807) is 7.11 Å². The minimum atomic E-state index is 0.143. The second-order valence-corrected chi connectivity index (χ2v) is 6.78. The van der Waals surface area contributed by atoms with Gasteiger partial charge in [0.15, 0.2) is 0 Å². The molecule has 0 saturated carbocycles. The van der Waals surface area contributed by atoms with Crippen LogP contribution in [-0.4, -0.2) is 19.2 Å². The van der Waals surface area contributed by atoms with Gasteiger partial charge in [-0.2, -0.15) is 0 Å². The Balaban J connectivity index is 3.11. The maximum absolute atomic E-state index is 5.49. The molecule has 2 nitrogen and oxygen atoms in total. The lowest BCUT2D eigenvalue weighted by molar-refractivity contribution is 0.311. The Morgan fingerprint density at radius 1 is 1.10 bits per heavy atom. The van der Waals surface area contributed by atoms with Crippen LogP contribution in [0.3, 0.4) is 0 Å². The number of ether oxygens (including phenoxy) is 1. The van der Waals surface area contributed by atoms with Crippen molar-refractivity contribution < 1.29 is 4.74 Å². The summed E-state index contributed by atoms with van der Waals surface area (Å²) in [5.41, 5.74) is 2.89. The third kappa shape index (κ3) is 3.99. The average Bonchev–Trinajstić information content (AvgIpc) is 2.40. The Hall–Kier alpha value is -1.02. The van der Waals surface area contributed by atoms with Crippen molar-refractivity contribution in [3.63, 3.8) is 0 Å². The highest BCUT2D eigenvalue weighted by molar-refractivity contribution is 5.40. The van der Waals surface area contributed by atoms with Crippen LogP contribution in [0.1, 0.15) is 58.6 Å². The van der Waals surface area contributed by atoms with Crippen molar-refractivity contribution in [3.8, 4) is 5.75 Å². The Morgan fingerprint density at radius 3 is 2.15 bits per heavy atom. The van der Waals surface area contributed by atoms with Gasteiger partial charge in [0.05, 0.1) is 7.11 Å². The lowest BCUT2D eigenvalue weighted by Gasteiger charge is -2.36. The van der Waals surface area contributed by atoms with E-state index >= 15 is 0 Å². The fourth-order valence-corrected chi connectivity index (χ4v) is 2.59. The van der Waals surface area contributed by atoms with Crippen molar-refractivity contribution in [2.24, 2.45) is 0 Å². The number of hydrogen-bond donors (Lipinski definition) is 1. The summed E-state index contributed by atoms with van der Waals surface area (Å²) in [7, 11) is 1.75. The van der Waals surface area contributed by atoms with Gasteiger partial charge >= 0.3 is 0 Å². The molecule has 0 fully saturated rings. The van der Waals surface area contributed by atoms with Crippen LogP contribution in [0.5, 0.6) is 5.75 Å². The largest absolute Gasteiger partial charge is 0.496 e. The molecule has 0 atom stereocenters. The van der Waals surface area contributed by atoms with Gasteiger partial charge in [-0.05, 0) is 57.7 Å². The normalized spacial score (nSPS) is 12.6. The molecule has 0 heterocycles. The smallest absolute Gasteiger partial charge is 0.122 e. The summed E-state index contributed by atoms with van der Waals surface area (Å²) >= 11 is 0. The standard InChI is InChI=1S/C18H31NO/c1-8-18(9-2,13-19-17(4,5)6)15-11-10-14(3)16(12-15)20-7/h10-12,19H,8-9,13H2,1-7H3. The molecule has 1 N–H and O–H groups in total. The second-order valence-electron chi connectivity index (χ2n) is 6.78. The van der Waals surface area contributed by atoms with E-state index in [4.69, 9.17) is 4.74 Å². The van der Waals surface area contributed by atoms with E-state index < -0.39 is 0 Å². The van der Waals surface area contributed by atoms with E-state index in [0.29, 0.717) is 0 Å².